The fourth-order valence-electron chi connectivity index (χ4n) is 2.80. The van der Waals surface area contributed by atoms with Crippen molar-refractivity contribution in [3.8, 4) is 0 Å². The van der Waals surface area contributed by atoms with Crippen LogP contribution in [0.5, 0.6) is 0 Å². The Morgan fingerprint density at radius 3 is 2.76 bits per heavy atom. The van der Waals surface area contributed by atoms with Crippen LogP contribution in [0.4, 0.5) is 0 Å². The van der Waals surface area contributed by atoms with Crippen LogP contribution in [-0.4, -0.2) is 22.9 Å². The van der Waals surface area contributed by atoms with Gasteiger partial charge in [-0.2, -0.15) is 0 Å². The molecule has 1 rings (SSSR count). The van der Waals surface area contributed by atoms with Crippen LogP contribution in [0.25, 0.3) is 0 Å². The van der Waals surface area contributed by atoms with Crippen molar-refractivity contribution < 1.29 is 14.7 Å². The average molecular weight is 342 g/mol. The summed E-state index contributed by atoms with van der Waals surface area (Å²) < 4.78 is 0. The molecule has 1 aliphatic carbocycles. The van der Waals surface area contributed by atoms with E-state index in [1.54, 1.807) is 18.2 Å². The number of hydrogen-bond acceptors (Lipinski definition) is 3. The average Bonchev–Trinajstić information content (AvgIpc) is 2.95. The smallest absolute Gasteiger partial charge is 0.182 e. The Kier molecular flexibility index (Phi) is 9.76. The largest absolute Gasteiger partial charge is 0.384 e. The zero-order valence-corrected chi connectivity index (χ0v) is 15.6. The highest BCUT2D eigenvalue weighted by molar-refractivity contribution is 6.07. The van der Waals surface area contributed by atoms with Crippen molar-refractivity contribution in [1.29, 1.82) is 0 Å². The predicted octanol–water partition coefficient (Wildman–Crippen LogP) is 4.53. The van der Waals surface area contributed by atoms with Gasteiger partial charge in [0.05, 0.1) is 0 Å². The summed E-state index contributed by atoms with van der Waals surface area (Å²) in [6.45, 7) is 6.14. The van der Waals surface area contributed by atoms with Crippen LogP contribution in [0.2, 0.25) is 0 Å². The minimum atomic E-state index is -0.953. The van der Waals surface area contributed by atoms with Gasteiger partial charge in [-0.1, -0.05) is 76.5 Å². The van der Waals surface area contributed by atoms with Gasteiger partial charge in [0.25, 0.3) is 0 Å². The summed E-state index contributed by atoms with van der Waals surface area (Å²) >= 11 is 0. The van der Waals surface area contributed by atoms with Gasteiger partial charge in [-0.3, -0.25) is 4.79 Å². The molecule has 0 saturated carbocycles. The van der Waals surface area contributed by atoms with E-state index in [1.165, 1.54) is 0 Å². The van der Waals surface area contributed by atoms with E-state index in [4.69, 9.17) is 0 Å². The maximum Gasteiger partial charge on any atom is 0.182 e. The second-order valence-corrected chi connectivity index (χ2v) is 6.52. The molecule has 3 unspecified atom stereocenters. The summed E-state index contributed by atoms with van der Waals surface area (Å²) in [5.41, 5.74) is 1.07. The van der Waals surface area contributed by atoms with Crippen molar-refractivity contribution in [1.82, 2.24) is 0 Å². The standard InChI is InChI=1S/C22H30O3/c1-4-6-8-9-11-19-18(12-14-21(19)24)13-15-22(25)20(16-23)17(3)10-7-5-2/h8-9,11-15,17-18,22,25H,4-7,10H2,1-3H3. The van der Waals surface area contributed by atoms with Crippen molar-refractivity contribution in [2.24, 2.45) is 11.8 Å². The van der Waals surface area contributed by atoms with E-state index < -0.39 is 6.10 Å². The molecule has 0 heterocycles. The molecular formula is C22H30O3. The molecule has 0 radical (unpaired) electrons. The molecule has 3 atom stereocenters. The summed E-state index contributed by atoms with van der Waals surface area (Å²) in [6, 6.07) is 0. The second kappa shape index (κ2) is 11.6. The number of unbranched alkanes of at least 4 members (excludes halogenated alkanes) is 2. The number of carbonyl (C=O) groups excluding carboxylic acids is 2. The molecule has 0 aromatic rings. The summed E-state index contributed by atoms with van der Waals surface area (Å²) in [5, 5.41) is 10.3. The molecule has 0 aliphatic heterocycles. The number of rotatable bonds is 10. The van der Waals surface area contributed by atoms with Crippen molar-refractivity contribution in [2.75, 3.05) is 0 Å². The summed E-state index contributed by atoms with van der Waals surface area (Å²) in [7, 11) is 0. The van der Waals surface area contributed by atoms with E-state index in [0.29, 0.717) is 11.1 Å². The lowest BCUT2D eigenvalue weighted by Crippen LogP contribution is -2.15. The Balaban J connectivity index is 2.79. The van der Waals surface area contributed by atoms with Gasteiger partial charge in [0.15, 0.2) is 5.78 Å². The molecular weight excluding hydrogens is 312 g/mol. The summed E-state index contributed by atoms with van der Waals surface area (Å²) in [6.07, 6.45) is 16.6. The third-order valence-corrected chi connectivity index (χ3v) is 4.42. The van der Waals surface area contributed by atoms with E-state index in [0.717, 1.165) is 32.1 Å². The maximum absolute atomic E-state index is 12.0. The number of allylic oxidation sites excluding steroid dienone is 7. The third kappa shape index (κ3) is 6.81. The lowest BCUT2D eigenvalue weighted by atomic mass is 9.91. The molecule has 0 saturated heterocycles. The number of carbonyl (C=O) groups is 1. The molecule has 0 amide bonds. The van der Waals surface area contributed by atoms with Gasteiger partial charge in [0.1, 0.15) is 12.0 Å². The number of aliphatic hydroxyl groups is 1. The van der Waals surface area contributed by atoms with Gasteiger partial charge >= 0.3 is 0 Å². The van der Waals surface area contributed by atoms with Gasteiger partial charge in [-0.05, 0) is 24.8 Å². The number of ketones is 1. The van der Waals surface area contributed by atoms with Gasteiger partial charge in [-0.25, -0.2) is 4.79 Å². The molecule has 25 heavy (non-hydrogen) atoms. The predicted molar refractivity (Wildman–Crippen MR) is 103 cm³/mol. The Labute approximate surface area is 151 Å². The Bertz CT molecular complexity index is 601. The third-order valence-electron chi connectivity index (χ3n) is 4.42. The minimum absolute atomic E-state index is 0.00448. The highest BCUT2D eigenvalue weighted by atomic mass is 16.3. The van der Waals surface area contributed by atoms with E-state index in [2.05, 4.69) is 13.8 Å². The molecule has 3 nitrogen and oxygen atoms in total. The van der Waals surface area contributed by atoms with Crippen LogP contribution >= 0.6 is 0 Å². The van der Waals surface area contributed by atoms with Gasteiger partial charge in [-0.15, -0.1) is 0 Å². The van der Waals surface area contributed by atoms with Gasteiger partial charge in [0, 0.05) is 17.1 Å². The van der Waals surface area contributed by atoms with Crippen LogP contribution in [0, 0.1) is 11.8 Å². The maximum atomic E-state index is 12.0. The first kappa shape index (κ1) is 21.1. The SMILES string of the molecule is CCCC=CC=C1C(=O)C=CC1C=CC(O)C(=C=O)C(C)CCCC. The Morgan fingerprint density at radius 1 is 1.36 bits per heavy atom. The minimum Gasteiger partial charge on any atom is -0.384 e. The van der Waals surface area contributed by atoms with E-state index in [9.17, 15) is 14.7 Å². The van der Waals surface area contributed by atoms with Crippen molar-refractivity contribution in [3.05, 3.63) is 53.7 Å². The normalized spacial score (nSPS) is 21.4. The Hall–Kier alpha value is -1.96. The van der Waals surface area contributed by atoms with Gasteiger partial charge in [0.2, 0.25) is 0 Å². The first-order valence-corrected chi connectivity index (χ1v) is 9.25. The van der Waals surface area contributed by atoms with Crippen LogP contribution in [0.3, 0.4) is 0 Å². The monoisotopic (exact) mass is 342 g/mol. The molecule has 0 spiro atoms. The molecule has 0 fully saturated rings. The number of hydrogen-bond donors (Lipinski definition) is 1. The first-order valence-electron chi connectivity index (χ1n) is 9.25. The summed E-state index contributed by atoms with van der Waals surface area (Å²) in [5.74, 6) is 1.75. The lowest BCUT2D eigenvalue weighted by Gasteiger charge is -2.15. The molecule has 0 bridgehead atoms. The van der Waals surface area contributed by atoms with Crippen LogP contribution in [-0.2, 0) is 9.59 Å². The molecule has 0 aromatic heterocycles. The van der Waals surface area contributed by atoms with Crippen molar-refractivity contribution >= 4 is 11.7 Å². The quantitative estimate of drug-likeness (QED) is 0.361. The molecule has 1 N–H and O–H groups in total. The fourth-order valence-corrected chi connectivity index (χ4v) is 2.80. The topological polar surface area (TPSA) is 54.4 Å². The second-order valence-electron chi connectivity index (χ2n) is 6.52. The molecule has 0 aromatic carbocycles. The zero-order valence-electron chi connectivity index (χ0n) is 15.6. The Morgan fingerprint density at radius 2 is 2.12 bits per heavy atom. The van der Waals surface area contributed by atoms with E-state index >= 15 is 0 Å². The molecule has 136 valence electrons. The van der Waals surface area contributed by atoms with Gasteiger partial charge < -0.3 is 5.11 Å². The number of aliphatic hydroxyl groups excluding tert-OH is 1. The van der Waals surface area contributed by atoms with E-state index in [1.807, 2.05) is 37.2 Å². The van der Waals surface area contributed by atoms with Crippen LogP contribution in [0.15, 0.2) is 53.7 Å². The molecule has 3 heteroatoms. The highest BCUT2D eigenvalue weighted by Crippen LogP contribution is 2.25. The fraction of sp³-hybridized carbons (Fsp3) is 0.500. The molecule has 1 aliphatic rings. The van der Waals surface area contributed by atoms with Crippen LogP contribution < -0.4 is 0 Å². The van der Waals surface area contributed by atoms with Crippen molar-refractivity contribution in [2.45, 2.75) is 59.0 Å². The van der Waals surface area contributed by atoms with Crippen molar-refractivity contribution in [3.63, 3.8) is 0 Å². The van der Waals surface area contributed by atoms with Crippen LogP contribution in [0.1, 0.15) is 52.9 Å². The zero-order chi connectivity index (χ0) is 18.7. The lowest BCUT2D eigenvalue weighted by molar-refractivity contribution is -0.111. The summed E-state index contributed by atoms with van der Waals surface area (Å²) in [4.78, 5) is 23.2. The first-order chi connectivity index (χ1) is 12.0. The van der Waals surface area contributed by atoms with E-state index in [-0.39, 0.29) is 17.6 Å². The highest BCUT2D eigenvalue weighted by Gasteiger charge is 2.21.